The first-order chi connectivity index (χ1) is 8.69. The average molecular weight is 249 g/mol. The maximum atomic E-state index is 12.9. The lowest BCUT2D eigenvalue weighted by Crippen LogP contribution is -2.51. The predicted molar refractivity (Wildman–Crippen MR) is 67.1 cm³/mol. The summed E-state index contributed by atoms with van der Waals surface area (Å²) in [5.41, 5.74) is 0.640. The van der Waals surface area contributed by atoms with Crippen LogP contribution in [0.2, 0.25) is 0 Å². The Bertz CT molecular complexity index is 454. The van der Waals surface area contributed by atoms with Crippen LogP contribution in [0.5, 0.6) is 0 Å². The summed E-state index contributed by atoms with van der Waals surface area (Å²) in [6.07, 6.45) is 1.88. The van der Waals surface area contributed by atoms with Crippen molar-refractivity contribution in [2.75, 3.05) is 24.5 Å². The van der Waals surface area contributed by atoms with Gasteiger partial charge in [0.15, 0.2) is 0 Å². The van der Waals surface area contributed by atoms with Crippen LogP contribution in [0.1, 0.15) is 12.8 Å². The standard InChI is InChI=1S/C13H16FN3O/c14-10-1-3-11(4-2-10)17-9-13(16-12(17)18)5-7-15-8-6-13/h1-4,15H,5-9H2,(H,16,18). The Labute approximate surface area is 105 Å². The number of nitrogens with one attached hydrogen (secondary N) is 2. The third-order valence-corrected chi connectivity index (χ3v) is 3.78. The molecule has 3 rings (SSSR count). The van der Waals surface area contributed by atoms with Crippen molar-refractivity contribution in [3.8, 4) is 0 Å². The number of carbonyl (C=O) groups is 1. The maximum absolute atomic E-state index is 12.9. The molecule has 1 aromatic carbocycles. The Morgan fingerprint density at radius 2 is 1.83 bits per heavy atom. The van der Waals surface area contributed by atoms with E-state index in [2.05, 4.69) is 10.6 Å². The molecule has 2 aliphatic rings. The highest BCUT2D eigenvalue weighted by Crippen LogP contribution is 2.29. The van der Waals surface area contributed by atoms with Crippen molar-refractivity contribution in [1.29, 1.82) is 0 Å². The Morgan fingerprint density at radius 1 is 1.17 bits per heavy atom. The van der Waals surface area contributed by atoms with E-state index in [0.717, 1.165) is 31.6 Å². The molecule has 2 heterocycles. The van der Waals surface area contributed by atoms with Gasteiger partial charge in [0.1, 0.15) is 5.82 Å². The van der Waals surface area contributed by atoms with Crippen LogP contribution in [0.3, 0.4) is 0 Å². The van der Waals surface area contributed by atoms with Crippen molar-refractivity contribution in [2.24, 2.45) is 0 Å². The summed E-state index contributed by atoms with van der Waals surface area (Å²) in [5.74, 6) is -0.282. The number of halogens is 1. The van der Waals surface area contributed by atoms with Crippen molar-refractivity contribution in [1.82, 2.24) is 10.6 Å². The molecule has 18 heavy (non-hydrogen) atoms. The number of rotatable bonds is 1. The normalized spacial score (nSPS) is 22.3. The molecular formula is C13H16FN3O. The van der Waals surface area contributed by atoms with Crippen LogP contribution < -0.4 is 15.5 Å². The fourth-order valence-corrected chi connectivity index (χ4v) is 2.73. The summed E-state index contributed by atoms with van der Waals surface area (Å²) < 4.78 is 12.9. The molecule has 96 valence electrons. The first kappa shape index (κ1) is 11.5. The molecule has 2 fully saturated rings. The van der Waals surface area contributed by atoms with Gasteiger partial charge in [-0.1, -0.05) is 0 Å². The van der Waals surface area contributed by atoms with E-state index in [1.54, 1.807) is 17.0 Å². The number of nitrogens with zero attached hydrogens (tertiary/aromatic N) is 1. The molecule has 0 aliphatic carbocycles. The van der Waals surface area contributed by atoms with Gasteiger partial charge in [-0.05, 0) is 50.2 Å². The van der Waals surface area contributed by atoms with Crippen LogP contribution in [-0.4, -0.2) is 31.2 Å². The van der Waals surface area contributed by atoms with Gasteiger partial charge >= 0.3 is 6.03 Å². The van der Waals surface area contributed by atoms with E-state index in [9.17, 15) is 9.18 Å². The first-order valence-corrected chi connectivity index (χ1v) is 6.25. The Morgan fingerprint density at radius 3 is 2.50 bits per heavy atom. The van der Waals surface area contributed by atoms with Gasteiger partial charge < -0.3 is 10.6 Å². The first-order valence-electron chi connectivity index (χ1n) is 6.25. The molecule has 0 atom stereocenters. The van der Waals surface area contributed by atoms with Crippen molar-refractivity contribution >= 4 is 11.7 Å². The molecule has 4 nitrogen and oxygen atoms in total. The number of urea groups is 1. The average Bonchev–Trinajstić information content (AvgIpc) is 2.68. The van der Waals surface area contributed by atoms with E-state index in [0.29, 0.717) is 6.54 Å². The van der Waals surface area contributed by atoms with Crippen molar-refractivity contribution in [3.63, 3.8) is 0 Å². The summed E-state index contributed by atoms with van der Waals surface area (Å²) in [6.45, 7) is 2.52. The van der Waals surface area contributed by atoms with E-state index >= 15 is 0 Å². The van der Waals surface area contributed by atoms with E-state index in [-0.39, 0.29) is 17.4 Å². The molecule has 0 radical (unpaired) electrons. The van der Waals surface area contributed by atoms with Crippen LogP contribution in [-0.2, 0) is 0 Å². The molecule has 1 spiro atoms. The van der Waals surface area contributed by atoms with Crippen molar-refractivity contribution in [3.05, 3.63) is 30.1 Å². The lowest BCUT2D eigenvalue weighted by Gasteiger charge is -2.32. The monoisotopic (exact) mass is 249 g/mol. The van der Waals surface area contributed by atoms with Crippen molar-refractivity contribution in [2.45, 2.75) is 18.4 Å². The zero-order valence-corrected chi connectivity index (χ0v) is 10.1. The second-order valence-corrected chi connectivity index (χ2v) is 5.02. The number of amides is 2. The highest BCUT2D eigenvalue weighted by molar-refractivity contribution is 5.95. The molecule has 5 heteroatoms. The molecule has 0 aromatic heterocycles. The van der Waals surface area contributed by atoms with E-state index in [4.69, 9.17) is 0 Å². The number of benzene rings is 1. The van der Waals surface area contributed by atoms with Gasteiger partial charge in [-0.15, -0.1) is 0 Å². The fourth-order valence-electron chi connectivity index (χ4n) is 2.73. The van der Waals surface area contributed by atoms with Crippen LogP contribution in [0, 0.1) is 5.82 Å². The van der Waals surface area contributed by atoms with Gasteiger partial charge in [0.25, 0.3) is 0 Å². The molecule has 0 unspecified atom stereocenters. The number of carbonyl (C=O) groups excluding carboxylic acids is 1. The smallest absolute Gasteiger partial charge is 0.322 e. The van der Waals surface area contributed by atoms with Crippen molar-refractivity contribution < 1.29 is 9.18 Å². The molecule has 2 saturated heterocycles. The molecule has 0 saturated carbocycles. The topological polar surface area (TPSA) is 44.4 Å². The quantitative estimate of drug-likeness (QED) is 0.791. The maximum Gasteiger partial charge on any atom is 0.322 e. The minimum absolute atomic E-state index is 0.0801. The lowest BCUT2D eigenvalue weighted by molar-refractivity contribution is 0.239. The summed E-state index contributed by atoms with van der Waals surface area (Å²) >= 11 is 0. The van der Waals surface area contributed by atoms with Crippen LogP contribution >= 0.6 is 0 Å². The Balaban J connectivity index is 1.82. The van der Waals surface area contributed by atoms with Gasteiger partial charge in [0, 0.05) is 5.69 Å². The summed E-state index contributed by atoms with van der Waals surface area (Å²) in [5, 5.41) is 6.38. The third kappa shape index (κ3) is 1.95. The Hall–Kier alpha value is -1.62. The van der Waals surface area contributed by atoms with E-state index in [1.807, 2.05) is 0 Å². The minimum atomic E-state index is -0.282. The van der Waals surface area contributed by atoms with Crippen LogP contribution in [0.25, 0.3) is 0 Å². The summed E-state index contributed by atoms with van der Waals surface area (Å²) in [7, 11) is 0. The van der Waals surface area contributed by atoms with Crippen LogP contribution in [0.4, 0.5) is 14.9 Å². The molecular weight excluding hydrogens is 233 g/mol. The Kier molecular flexibility index (Phi) is 2.70. The molecule has 2 aliphatic heterocycles. The van der Waals surface area contributed by atoms with Gasteiger partial charge in [0.05, 0.1) is 12.1 Å². The lowest BCUT2D eigenvalue weighted by atomic mass is 9.89. The summed E-state index contributed by atoms with van der Waals surface area (Å²) in [4.78, 5) is 13.7. The van der Waals surface area contributed by atoms with Crippen LogP contribution in [0.15, 0.2) is 24.3 Å². The largest absolute Gasteiger partial charge is 0.330 e. The summed E-state index contributed by atoms with van der Waals surface area (Å²) in [6, 6.07) is 5.99. The SMILES string of the molecule is O=C1NC2(CCNCC2)CN1c1ccc(F)cc1. The molecule has 2 amide bonds. The highest BCUT2D eigenvalue weighted by atomic mass is 19.1. The van der Waals surface area contributed by atoms with Gasteiger partial charge in [-0.3, -0.25) is 4.90 Å². The second kappa shape index (κ2) is 4.24. The number of hydrogen-bond acceptors (Lipinski definition) is 2. The predicted octanol–water partition coefficient (Wildman–Crippen LogP) is 1.48. The van der Waals surface area contributed by atoms with Gasteiger partial charge in [-0.25, -0.2) is 9.18 Å². The molecule has 0 bridgehead atoms. The number of piperidine rings is 1. The number of hydrogen-bond donors (Lipinski definition) is 2. The highest BCUT2D eigenvalue weighted by Gasteiger charge is 2.43. The zero-order valence-electron chi connectivity index (χ0n) is 10.1. The molecule has 2 N–H and O–H groups in total. The van der Waals surface area contributed by atoms with E-state index < -0.39 is 0 Å². The second-order valence-electron chi connectivity index (χ2n) is 5.02. The van der Waals surface area contributed by atoms with E-state index in [1.165, 1.54) is 12.1 Å². The third-order valence-electron chi connectivity index (χ3n) is 3.78. The van der Waals surface area contributed by atoms with Gasteiger partial charge in [-0.2, -0.15) is 0 Å². The van der Waals surface area contributed by atoms with Gasteiger partial charge in [0.2, 0.25) is 0 Å². The zero-order chi connectivity index (χ0) is 12.6. The number of anilines is 1. The fraction of sp³-hybridized carbons (Fsp3) is 0.462. The molecule has 1 aromatic rings. The minimum Gasteiger partial charge on any atom is -0.330 e.